The molecule has 0 bridgehead atoms. The summed E-state index contributed by atoms with van der Waals surface area (Å²) >= 11 is 1.19. The molecule has 8 nitrogen and oxygen atoms in total. The SMILES string of the molecule is COc1ccc([C@@H]2CC(c3ccccc3)=NN2C(=O)CSc2nnc(COc3cc(C)ccc3C)o2)cc1. The third kappa shape index (κ3) is 5.89. The maximum absolute atomic E-state index is 13.3. The fourth-order valence-corrected chi connectivity index (χ4v) is 4.81. The van der Waals surface area contributed by atoms with E-state index in [9.17, 15) is 4.79 Å². The van der Waals surface area contributed by atoms with E-state index in [-0.39, 0.29) is 24.3 Å². The second-order valence-electron chi connectivity index (χ2n) is 8.95. The summed E-state index contributed by atoms with van der Waals surface area (Å²) in [4.78, 5) is 13.3. The highest BCUT2D eigenvalue weighted by Gasteiger charge is 2.33. The number of ether oxygens (including phenoxy) is 2. The van der Waals surface area contributed by atoms with Crippen LogP contribution in [0.2, 0.25) is 0 Å². The predicted octanol–water partition coefficient (Wildman–Crippen LogP) is 5.74. The van der Waals surface area contributed by atoms with Crippen LogP contribution in [0.1, 0.15) is 40.6 Å². The van der Waals surface area contributed by atoms with Crippen LogP contribution in [0.3, 0.4) is 0 Å². The van der Waals surface area contributed by atoms with Crippen molar-refractivity contribution in [1.82, 2.24) is 15.2 Å². The number of thioether (sulfide) groups is 1. The van der Waals surface area contributed by atoms with E-state index in [1.807, 2.05) is 86.6 Å². The number of benzene rings is 3. The fraction of sp³-hybridized carbons (Fsp3) is 0.241. The lowest BCUT2D eigenvalue weighted by atomic mass is 9.98. The van der Waals surface area contributed by atoms with Crippen LogP contribution in [0.25, 0.3) is 0 Å². The molecule has 1 atom stereocenters. The third-order valence-corrected chi connectivity index (χ3v) is 7.04. The second kappa shape index (κ2) is 11.5. The molecule has 1 aliphatic rings. The van der Waals surface area contributed by atoms with Gasteiger partial charge in [-0.15, -0.1) is 10.2 Å². The number of carbonyl (C=O) groups excluding carboxylic acids is 1. The highest BCUT2D eigenvalue weighted by molar-refractivity contribution is 7.99. The zero-order valence-corrected chi connectivity index (χ0v) is 22.3. The first kappa shape index (κ1) is 25.5. The number of hydrogen-bond donors (Lipinski definition) is 0. The van der Waals surface area contributed by atoms with Gasteiger partial charge in [0.2, 0.25) is 0 Å². The number of nitrogens with zero attached hydrogens (tertiary/aromatic N) is 4. The monoisotopic (exact) mass is 528 g/mol. The molecule has 0 saturated heterocycles. The molecule has 1 aliphatic heterocycles. The van der Waals surface area contributed by atoms with Crippen molar-refractivity contribution < 1.29 is 18.7 Å². The van der Waals surface area contributed by atoms with Crippen molar-refractivity contribution in [3.05, 3.63) is 101 Å². The van der Waals surface area contributed by atoms with Crippen molar-refractivity contribution in [2.45, 2.75) is 38.1 Å². The molecule has 0 fully saturated rings. The molecule has 5 rings (SSSR count). The van der Waals surface area contributed by atoms with Crippen molar-refractivity contribution in [1.29, 1.82) is 0 Å². The molecular weight excluding hydrogens is 500 g/mol. The molecule has 2 heterocycles. The smallest absolute Gasteiger partial charge is 0.277 e. The standard InChI is InChI=1S/C29H28N4O4S/c1-19-9-10-20(2)26(15-19)36-17-27-30-31-29(37-27)38-18-28(34)33-25(22-11-13-23(35-3)14-12-22)16-24(32-33)21-7-5-4-6-8-21/h4-15,25H,16-18H2,1-3H3/t25-/m0/s1. The molecule has 194 valence electrons. The van der Waals surface area contributed by atoms with Gasteiger partial charge in [-0.05, 0) is 54.3 Å². The third-order valence-electron chi connectivity index (χ3n) is 6.24. The van der Waals surface area contributed by atoms with Crippen LogP contribution in [-0.2, 0) is 11.4 Å². The lowest BCUT2D eigenvalue weighted by Gasteiger charge is -2.22. The van der Waals surface area contributed by atoms with Crippen molar-refractivity contribution in [3.8, 4) is 11.5 Å². The first-order valence-electron chi connectivity index (χ1n) is 12.2. The second-order valence-corrected chi connectivity index (χ2v) is 9.88. The molecule has 9 heteroatoms. The Bertz CT molecular complexity index is 1440. The summed E-state index contributed by atoms with van der Waals surface area (Å²) in [6.45, 7) is 4.15. The number of carbonyl (C=O) groups is 1. The van der Waals surface area contributed by atoms with Gasteiger partial charge < -0.3 is 13.9 Å². The normalized spacial score (nSPS) is 14.9. The summed E-state index contributed by atoms with van der Waals surface area (Å²) in [5, 5.41) is 14.7. The van der Waals surface area contributed by atoms with Gasteiger partial charge in [-0.1, -0.05) is 66.4 Å². The van der Waals surface area contributed by atoms with Crippen molar-refractivity contribution in [3.63, 3.8) is 0 Å². The Morgan fingerprint density at radius 2 is 1.84 bits per heavy atom. The summed E-state index contributed by atoms with van der Waals surface area (Å²) in [6, 6.07) is 23.5. The van der Waals surface area contributed by atoms with Gasteiger partial charge in [0.1, 0.15) is 11.5 Å². The van der Waals surface area contributed by atoms with E-state index in [1.165, 1.54) is 11.8 Å². The number of amides is 1. The van der Waals surface area contributed by atoms with E-state index in [4.69, 9.17) is 19.0 Å². The number of hydrazone groups is 1. The van der Waals surface area contributed by atoms with E-state index in [2.05, 4.69) is 10.2 Å². The lowest BCUT2D eigenvalue weighted by Crippen LogP contribution is -2.28. The van der Waals surface area contributed by atoms with Crippen molar-refractivity contribution >= 4 is 23.4 Å². The summed E-state index contributed by atoms with van der Waals surface area (Å²) in [6.07, 6.45) is 0.618. The molecule has 0 spiro atoms. The zero-order valence-electron chi connectivity index (χ0n) is 21.5. The van der Waals surface area contributed by atoms with E-state index in [0.717, 1.165) is 39.5 Å². The van der Waals surface area contributed by atoms with Crippen molar-refractivity contribution in [2.24, 2.45) is 5.10 Å². The Balaban J connectivity index is 1.26. The predicted molar refractivity (Wildman–Crippen MR) is 145 cm³/mol. The van der Waals surface area contributed by atoms with Crippen LogP contribution in [0, 0.1) is 13.8 Å². The van der Waals surface area contributed by atoms with Gasteiger partial charge in [-0.2, -0.15) is 5.10 Å². The lowest BCUT2D eigenvalue weighted by molar-refractivity contribution is -0.130. The Morgan fingerprint density at radius 1 is 1.05 bits per heavy atom. The van der Waals surface area contributed by atoms with Gasteiger partial charge in [-0.25, -0.2) is 5.01 Å². The van der Waals surface area contributed by atoms with Crippen LogP contribution < -0.4 is 9.47 Å². The highest BCUT2D eigenvalue weighted by atomic mass is 32.2. The summed E-state index contributed by atoms with van der Waals surface area (Å²) in [7, 11) is 1.63. The van der Waals surface area contributed by atoms with Gasteiger partial charge in [-0.3, -0.25) is 4.79 Å². The van der Waals surface area contributed by atoms with Crippen molar-refractivity contribution in [2.75, 3.05) is 12.9 Å². The number of aryl methyl sites for hydroxylation is 2. The minimum atomic E-state index is -0.214. The minimum absolute atomic E-state index is 0.109. The maximum atomic E-state index is 13.3. The van der Waals surface area contributed by atoms with Gasteiger partial charge >= 0.3 is 0 Å². The van der Waals surface area contributed by atoms with Crippen LogP contribution >= 0.6 is 11.8 Å². The number of rotatable bonds is 9. The van der Waals surface area contributed by atoms with E-state index >= 15 is 0 Å². The molecule has 1 aromatic heterocycles. The van der Waals surface area contributed by atoms with E-state index in [1.54, 1.807) is 12.1 Å². The van der Waals surface area contributed by atoms with Crippen LogP contribution in [0.4, 0.5) is 0 Å². The first-order valence-corrected chi connectivity index (χ1v) is 13.2. The average Bonchev–Trinajstić information content (AvgIpc) is 3.60. The van der Waals surface area contributed by atoms with Crippen LogP contribution in [-0.4, -0.2) is 39.7 Å². The quantitative estimate of drug-likeness (QED) is 0.256. The van der Waals surface area contributed by atoms with Gasteiger partial charge in [0, 0.05) is 6.42 Å². The van der Waals surface area contributed by atoms with E-state index in [0.29, 0.717) is 17.5 Å². The van der Waals surface area contributed by atoms with E-state index < -0.39 is 0 Å². The van der Waals surface area contributed by atoms with Gasteiger partial charge in [0.05, 0.1) is 24.6 Å². The van der Waals surface area contributed by atoms with Crippen LogP contribution in [0.5, 0.6) is 11.5 Å². The van der Waals surface area contributed by atoms with Crippen LogP contribution in [0.15, 0.2) is 87.5 Å². The number of aromatic nitrogens is 2. The molecule has 1 amide bonds. The molecular formula is C29H28N4O4S. The molecule has 4 aromatic rings. The molecule has 0 unspecified atom stereocenters. The zero-order chi connectivity index (χ0) is 26.5. The Hall–Kier alpha value is -4.11. The molecule has 0 radical (unpaired) electrons. The average molecular weight is 529 g/mol. The largest absolute Gasteiger partial charge is 0.497 e. The summed E-state index contributed by atoms with van der Waals surface area (Å²) in [5.74, 6) is 1.85. The summed E-state index contributed by atoms with van der Waals surface area (Å²) < 4.78 is 16.9. The molecule has 0 saturated carbocycles. The Labute approximate surface area is 225 Å². The molecule has 38 heavy (non-hydrogen) atoms. The minimum Gasteiger partial charge on any atom is -0.497 e. The van der Waals surface area contributed by atoms with Gasteiger partial charge in [0.15, 0.2) is 6.61 Å². The maximum Gasteiger partial charge on any atom is 0.277 e. The number of methoxy groups -OCH3 is 1. The molecule has 0 aliphatic carbocycles. The molecule has 3 aromatic carbocycles. The molecule has 0 N–H and O–H groups in total. The topological polar surface area (TPSA) is 90.1 Å². The fourth-order valence-electron chi connectivity index (χ4n) is 4.18. The number of hydrogen-bond acceptors (Lipinski definition) is 8. The Kier molecular flexibility index (Phi) is 7.74. The Morgan fingerprint density at radius 3 is 2.61 bits per heavy atom. The highest BCUT2D eigenvalue weighted by Crippen LogP contribution is 2.34. The summed E-state index contributed by atoms with van der Waals surface area (Å²) in [5.41, 5.74) is 5.00. The van der Waals surface area contributed by atoms with Gasteiger partial charge in [0.25, 0.3) is 17.0 Å². The first-order chi connectivity index (χ1) is 18.5.